The van der Waals surface area contributed by atoms with E-state index < -0.39 is 0 Å². The first-order valence-electron chi connectivity index (χ1n) is 7.27. The van der Waals surface area contributed by atoms with Crippen LogP contribution in [0.1, 0.15) is 46.5 Å². The Hall–Kier alpha value is -2.11. The van der Waals surface area contributed by atoms with Gasteiger partial charge in [-0.15, -0.1) is 0 Å². The van der Waals surface area contributed by atoms with Crippen LogP contribution in [0.4, 0.5) is 0 Å². The summed E-state index contributed by atoms with van der Waals surface area (Å²) >= 11 is 0. The number of hydrogen-bond donors (Lipinski definition) is 0. The van der Waals surface area contributed by atoms with Gasteiger partial charge in [-0.3, -0.25) is 4.79 Å². The Morgan fingerprint density at radius 3 is 2.86 bits per heavy atom. The van der Waals surface area contributed by atoms with Gasteiger partial charge in [0, 0.05) is 38.3 Å². The van der Waals surface area contributed by atoms with Gasteiger partial charge in [-0.1, -0.05) is 5.16 Å². The van der Waals surface area contributed by atoms with Gasteiger partial charge in [-0.05, 0) is 26.7 Å². The number of nitrogens with zero attached hydrogens (tertiary/aromatic N) is 4. The number of imidazole rings is 1. The van der Waals surface area contributed by atoms with Crippen molar-refractivity contribution in [3.8, 4) is 0 Å². The Bertz CT molecular complexity index is 658. The maximum absolute atomic E-state index is 12.5. The molecule has 2 aromatic rings. The third-order valence-corrected chi connectivity index (χ3v) is 3.95. The van der Waals surface area contributed by atoms with Crippen LogP contribution >= 0.6 is 0 Å². The van der Waals surface area contributed by atoms with E-state index in [-0.39, 0.29) is 11.8 Å². The second-order valence-corrected chi connectivity index (χ2v) is 5.76. The van der Waals surface area contributed by atoms with E-state index in [2.05, 4.69) is 14.7 Å². The predicted molar refractivity (Wildman–Crippen MR) is 77.1 cm³/mol. The van der Waals surface area contributed by atoms with Crippen molar-refractivity contribution in [1.29, 1.82) is 0 Å². The molecule has 3 rings (SSSR count). The van der Waals surface area contributed by atoms with Gasteiger partial charge >= 0.3 is 0 Å². The van der Waals surface area contributed by atoms with E-state index in [9.17, 15) is 4.79 Å². The number of piperidine rings is 1. The molecule has 2 aromatic heterocycles. The minimum atomic E-state index is -0.0533. The topological polar surface area (TPSA) is 64.2 Å². The van der Waals surface area contributed by atoms with Crippen molar-refractivity contribution in [3.05, 3.63) is 35.2 Å². The Kier molecular flexibility index (Phi) is 3.53. The van der Waals surface area contributed by atoms with Crippen LogP contribution in [-0.4, -0.2) is 38.6 Å². The van der Waals surface area contributed by atoms with E-state index in [0.717, 1.165) is 30.9 Å². The number of aromatic nitrogens is 3. The first-order chi connectivity index (χ1) is 10.0. The summed E-state index contributed by atoms with van der Waals surface area (Å²) in [5.41, 5.74) is 1.41. The average molecular weight is 288 g/mol. The molecule has 0 aromatic carbocycles. The van der Waals surface area contributed by atoms with Crippen molar-refractivity contribution in [1.82, 2.24) is 19.6 Å². The lowest BCUT2D eigenvalue weighted by Crippen LogP contribution is -2.39. The summed E-state index contributed by atoms with van der Waals surface area (Å²) in [4.78, 5) is 18.9. The van der Waals surface area contributed by atoms with Crippen molar-refractivity contribution in [2.45, 2.75) is 32.6 Å². The molecule has 0 bridgehead atoms. The third kappa shape index (κ3) is 2.70. The van der Waals surface area contributed by atoms with Crippen LogP contribution in [0.25, 0.3) is 0 Å². The van der Waals surface area contributed by atoms with Gasteiger partial charge in [0.15, 0.2) is 5.69 Å². The molecule has 1 aliphatic rings. The molecule has 0 radical (unpaired) electrons. The van der Waals surface area contributed by atoms with Gasteiger partial charge in [0.2, 0.25) is 0 Å². The zero-order valence-corrected chi connectivity index (χ0v) is 12.7. The molecule has 0 saturated carbocycles. The van der Waals surface area contributed by atoms with Gasteiger partial charge in [-0.25, -0.2) is 4.98 Å². The van der Waals surface area contributed by atoms with Crippen LogP contribution in [0.5, 0.6) is 0 Å². The Morgan fingerprint density at radius 1 is 1.43 bits per heavy atom. The Balaban J connectivity index is 1.77. The van der Waals surface area contributed by atoms with Gasteiger partial charge in [0.25, 0.3) is 5.91 Å². The highest BCUT2D eigenvalue weighted by molar-refractivity contribution is 5.92. The molecule has 1 aliphatic heterocycles. The summed E-state index contributed by atoms with van der Waals surface area (Å²) in [5.74, 6) is 1.95. The van der Waals surface area contributed by atoms with Crippen LogP contribution in [0, 0.1) is 13.8 Å². The highest BCUT2D eigenvalue weighted by Crippen LogP contribution is 2.27. The van der Waals surface area contributed by atoms with Crippen LogP contribution < -0.4 is 0 Å². The van der Waals surface area contributed by atoms with E-state index in [4.69, 9.17) is 4.52 Å². The van der Waals surface area contributed by atoms with Crippen molar-refractivity contribution in [2.24, 2.45) is 7.05 Å². The maximum atomic E-state index is 12.5. The minimum absolute atomic E-state index is 0.0533. The first kappa shape index (κ1) is 13.9. The molecule has 0 spiro atoms. The number of aryl methyl sites for hydroxylation is 3. The van der Waals surface area contributed by atoms with E-state index in [1.165, 1.54) is 0 Å². The molecule has 0 N–H and O–H groups in total. The minimum Gasteiger partial charge on any atom is -0.361 e. The summed E-state index contributed by atoms with van der Waals surface area (Å²) in [7, 11) is 2.01. The lowest BCUT2D eigenvalue weighted by Gasteiger charge is -2.31. The van der Waals surface area contributed by atoms with Crippen molar-refractivity contribution in [2.75, 3.05) is 13.1 Å². The fourth-order valence-corrected chi connectivity index (χ4v) is 3.02. The van der Waals surface area contributed by atoms with Gasteiger partial charge in [0.05, 0.1) is 5.69 Å². The first-order valence-corrected chi connectivity index (χ1v) is 7.27. The zero-order chi connectivity index (χ0) is 15.0. The number of hydrogen-bond acceptors (Lipinski definition) is 4. The molecular formula is C15H20N4O2. The van der Waals surface area contributed by atoms with E-state index >= 15 is 0 Å². The van der Waals surface area contributed by atoms with Gasteiger partial charge in [0.1, 0.15) is 11.6 Å². The quantitative estimate of drug-likeness (QED) is 0.848. The van der Waals surface area contributed by atoms with Crippen LogP contribution in [-0.2, 0) is 7.05 Å². The summed E-state index contributed by atoms with van der Waals surface area (Å²) in [5, 5.41) is 3.82. The molecule has 1 atom stereocenters. The van der Waals surface area contributed by atoms with Crippen LogP contribution in [0.3, 0.4) is 0 Å². The zero-order valence-electron chi connectivity index (χ0n) is 12.7. The van der Waals surface area contributed by atoms with Crippen molar-refractivity contribution < 1.29 is 9.32 Å². The van der Waals surface area contributed by atoms with Crippen LogP contribution in [0.15, 0.2) is 16.8 Å². The number of rotatable bonds is 2. The molecule has 1 saturated heterocycles. The second-order valence-electron chi connectivity index (χ2n) is 5.76. The standard InChI is InChI=1S/C15H20N4O2/c1-10-8-18(3)14(16-10)12-5-4-6-19(9-12)15(20)13-7-11(2)21-17-13/h7-8,12H,4-6,9H2,1-3H3/t12-/m0/s1. The molecule has 6 nitrogen and oxygen atoms in total. The molecule has 6 heteroatoms. The van der Waals surface area contributed by atoms with Crippen LogP contribution in [0.2, 0.25) is 0 Å². The van der Waals surface area contributed by atoms with Gasteiger partial charge in [-0.2, -0.15) is 0 Å². The number of carbonyl (C=O) groups excluding carboxylic acids is 1. The third-order valence-electron chi connectivity index (χ3n) is 3.95. The summed E-state index contributed by atoms with van der Waals surface area (Å²) in [6, 6.07) is 1.69. The number of amides is 1. The SMILES string of the molecule is Cc1cn(C)c([C@H]2CCCN(C(=O)c3cc(C)on3)C2)n1. The van der Waals surface area contributed by atoms with E-state index in [0.29, 0.717) is 18.0 Å². The molecule has 112 valence electrons. The Labute approximate surface area is 123 Å². The Morgan fingerprint density at radius 2 is 2.24 bits per heavy atom. The smallest absolute Gasteiger partial charge is 0.276 e. The van der Waals surface area contributed by atoms with Crippen molar-refractivity contribution in [3.63, 3.8) is 0 Å². The fraction of sp³-hybridized carbons (Fsp3) is 0.533. The largest absolute Gasteiger partial charge is 0.361 e. The molecule has 1 fully saturated rings. The highest BCUT2D eigenvalue weighted by atomic mass is 16.5. The average Bonchev–Trinajstić information content (AvgIpc) is 3.04. The summed E-state index contributed by atoms with van der Waals surface area (Å²) in [6.07, 6.45) is 4.07. The molecule has 21 heavy (non-hydrogen) atoms. The fourth-order valence-electron chi connectivity index (χ4n) is 3.02. The lowest BCUT2D eigenvalue weighted by molar-refractivity contribution is 0.0693. The lowest BCUT2D eigenvalue weighted by atomic mass is 9.97. The second kappa shape index (κ2) is 5.35. The normalized spacial score (nSPS) is 19.0. The summed E-state index contributed by atoms with van der Waals surface area (Å²) in [6.45, 7) is 5.24. The van der Waals surface area contributed by atoms with E-state index in [1.54, 1.807) is 13.0 Å². The van der Waals surface area contributed by atoms with Crippen molar-refractivity contribution >= 4 is 5.91 Å². The molecule has 3 heterocycles. The maximum Gasteiger partial charge on any atom is 0.276 e. The monoisotopic (exact) mass is 288 g/mol. The van der Waals surface area contributed by atoms with Gasteiger partial charge < -0.3 is 14.0 Å². The predicted octanol–water partition coefficient (Wildman–Crippen LogP) is 2.04. The highest BCUT2D eigenvalue weighted by Gasteiger charge is 2.29. The molecular weight excluding hydrogens is 268 g/mol. The summed E-state index contributed by atoms with van der Waals surface area (Å²) < 4.78 is 7.06. The number of carbonyl (C=O) groups is 1. The molecule has 0 unspecified atom stereocenters. The van der Waals surface area contributed by atoms with E-state index in [1.807, 2.05) is 25.1 Å². The molecule has 0 aliphatic carbocycles. The molecule has 1 amide bonds. The number of likely N-dealkylation sites (tertiary alicyclic amines) is 1.